The minimum atomic E-state index is -1.36. The van der Waals surface area contributed by atoms with Crippen LogP contribution in [0.25, 0.3) is 11.3 Å². The molecule has 124 valence electrons. The molecule has 0 saturated carbocycles. The number of nitrogens with two attached hydrogens (primary N) is 1. The van der Waals surface area contributed by atoms with Gasteiger partial charge in [-0.1, -0.05) is 23.8 Å². The lowest BCUT2D eigenvalue weighted by molar-refractivity contribution is 1.16. The molecule has 7 nitrogen and oxygen atoms in total. The van der Waals surface area contributed by atoms with Gasteiger partial charge in [-0.15, -0.1) is 9.96 Å². The molecular weight excluding hydrogens is 333 g/mol. The quantitative estimate of drug-likeness (QED) is 0.707. The predicted octanol–water partition coefficient (Wildman–Crippen LogP) is 2.33. The predicted molar refractivity (Wildman–Crippen MR) is 101 cm³/mol. The van der Waals surface area contributed by atoms with Crippen molar-refractivity contribution in [3.05, 3.63) is 66.2 Å². The van der Waals surface area contributed by atoms with Gasteiger partial charge in [0.25, 0.3) is 0 Å². The van der Waals surface area contributed by atoms with E-state index in [1.54, 1.807) is 18.6 Å². The molecule has 3 heterocycles. The molecule has 4 rings (SSSR count). The third kappa shape index (κ3) is 3.14. The summed E-state index contributed by atoms with van der Waals surface area (Å²) < 4.78 is 0. The average molecular weight is 349 g/mol. The highest BCUT2D eigenvalue weighted by atomic mass is 31.1. The second-order valence-electron chi connectivity index (χ2n) is 5.62. The maximum Gasteiger partial charge on any atom is 0.182 e. The Hall–Kier alpha value is -3.05. The summed E-state index contributed by atoms with van der Waals surface area (Å²) in [5.74, 6) is 0.882. The van der Waals surface area contributed by atoms with Crippen LogP contribution in [0, 0.1) is 6.92 Å². The molecule has 0 saturated heterocycles. The summed E-state index contributed by atoms with van der Waals surface area (Å²) in [7, 11) is -1.36. The topological polar surface area (TPSA) is 101 Å². The van der Waals surface area contributed by atoms with Gasteiger partial charge in [-0.25, -0.2) is 9.97 Å². The molecule has 2 aromatic heterocycles. The van der Waals surface area contributed by atoms with Crippen molar-refractivity contribution in [2.45, 2.75) is 6.92 Å². The van der Waals surface area contributed by atoms with Crippen LogP contribution in [0.4, 0.5) is 5.82 Å². The van der Waals surface area contributed by atoms with Crippen LogP contribution in [0.1, 0.15) is 11.3 Å². The van der Waals surface area contributed by atoms with Crippen molar-refractivity contribution in [3.8, 4) is 11.3 Å². The average Bonchev–Trinajstić information content (AvgIpc) is 3.13. The monoisotopic (exact) mass is 349 g/mol. The summed E-state index contributed by atoms with van der Waals surface area (Å²) in [4.78, 5) is 17.4. The van der Waals surface area contributed by atoms with Gasteiger partial charge in [0.05, 0.1) is 19.8 Å². The van der Waals surface area contributed by atoms with Gasteiger partial charge in [0, 0.05) is 23.3 Å². The second kappa shape index (κ2) is 6.45. The number of amidine groups is 1. The zero-order valence-electron chi connectivity index (χ0n) is 13.5. The minimum absolute atomic E-state index is 0.321. The minimum Gasteiger partial charge on any atom is -0.382 e. The Labute approximate surface area is 145 Å². The Morgan fingerprint density at radius 3 is 2.84 bits per heavy atom. The normalized spacial score (nSPS) is 16.0. The highest BCUT2D eigenvalue weighted by Gasteiger charge is 2.19. The zero-order valence-corrected chi connectivity index (χ0v) is 14.5. The van der Waals surface area contributed by atoms with E-state index >= 15 is 0 Å². The van der Waals surface area contributed by atoms with E-state index in [-0.39, 0.29) is 0 Å². The van der Waals surface area contributed by atoms with Crippen molar-refractivity contribution in [2.75, 3.05) is 5.73 Å². The van der Waals surface area contributed by atoms with E-state index in [9.17, 15) is 0 Å². The number of aromatic nitrogens is 3. The third-order valence-corrected chi connectivity index (χ3v) is 5.39. The highest BCUT2D eigenvalue weighted by Crippen LogP contribution is 2.28. The van der Waals surface area contributed by atoms with Crippen molar-refractivity contribution in [1.82, 2.24) is 20.0 Å². The van der Waals surface area contributed by atoms with Crippen molar-refractivity contribution in [1.29, 1.82) is 0 Å². The number of nitrogen functional groups attached to an aromatic ring is 1. The van der Waals surface area contributed by atoms with Crippen molar-refractivity contribution < 1.29 is 0 Å². The number of benzene rings is 1. The number of nitrogens with zero attached hydrogens (tertiary/aromatic N) is 5. The zero-order chi connectivity index (χ0) is 17.2. The van der Waals surface area contributed by atoms with Gasteiger partial charge in [0.15, 0.2) is 17.3 Å². The number of pyridine rings is 1. The van der Waals surface area contributed by atoms with Crippen LogP contribution in [0.5, 0.6) is 0 Å². The standard InChI is InChI=1S/C17H16N7P/c1-11-4-2-6-13(8-11)25-23-17(22-24-25)15-16(18)20-10-14(21-15)12-5-3-7-19-9-12/h2-10,25H,1H3,(H2,18,20)(H,22,23,24). The van der Waals surface area contributed by atoms with Crippen molar-refractivity contribution in [3.63, 3.8) is 0 Å². The van der Waals surface area contributed by atoms with Crippen molar-refractivity contribution in [2.24, 2.45) is 9.96 Å². The highest BCUT2D eigenvalue weighted by molar-refractivity contribution is 7.55. The summed E-state index contributed by atoms with van der Waals surface area (Å²) in [6, 6.07) is 12.0. The number of anilines is 1. The van der Waals surface area contributed by atoms with Gasteiger partial charge in [0.2, 0.25) is 0 Å². The molecule has 1 atom stereocenters. The first-order valence-electron chi connectivity index (χ1n) is 7.74. The fourth-order valence-corrected chi connectivity index (χ4v) is 4.04. The fraction of sp³-hybridized carbons (Fsp3) is 0.0588. The summed E-state index contributed by atoms with van der Waals surface area (Å²) in [5.41, 5.74) is 9.28. The lowest BCUT2D eigenvalue weighted by Crippen LogP contribution is -2.21. The fourth-order valence-electron chi connectivity index (χ4n) is 2.52. The lowest BCUT2D eigenvalue weighted by Gasteiger charge is -2.09. The Morgan fingerprint density at radius 1 is 1.12 bits per heavy atom. The third-order valence-electron chi connectivity index (χ3n) is 3.76. The summed E-state index contributed by atoms with van der Waals surface area (Å²) in [5, 5.41) is 8.76. The van der Waals surface area contributed by atoms with Gasteiger partial charge in [-0.2, -0.15) is 0 Å². The summed E-state index contributed by atoms with van der Waals surface area (Å²) in [6.07, 6.45) is 5.09. The molecule has 3 aromatic rings. The Morgan fingerprint density at radius 2 is 2.04 bits per heavy atom. The number of nitrogens with one attached hydrogen (secondary N) is 1. The molecule has 8 heteroatoms. The first kappa shape index (κ1) is 15.5. The molecule has 1 unspecified atom stereocenters. The van der Waals surface area contributed by atoms with Gasteiger partial charge in [-0.05, 0) is 25.1 Å². The van der Waals surface area contributed by atoms with Gasteiger partial charge in [-0.3, -0.25) is 4.98 Å². The summed E-state index contributed by atoms with van der Waals surface area (Å²) in [6.45, 7) is 2.06. The maximum atomic E-state index is 6.02. The summed E-state index contributed by atoms with van der Waals surface area (Å²) >= 11 is 0. The molecular formula is C17H16N7P. The van der Waals surface area contributed by atoms with Crippen LogP contribution in [-0.2, 0) is 0 Å². The molecule has 0 spiro atoms. The smallest absolute Gasteiger partial charge is 0.182 e. The van der Waals surface area contributed by atoms with Crippen molar-refractivity contribution >= 4 is 24.8 Å². The van der Waals surface area contributed by atoms with Crippen LogP contribution < -0.4 is 16.1 Å². The molecule has 0 aliphatic carbocycles. The Kier molecular flexibility index (Phi) is 3.99. The van der Waals surface area contributed by atoms with Crippen LogP contribution in [-0.4, -0.2) is 20.8 Å². The number of rotatable bonds is 3. The van der Waals surface area contributed by atoms with Gasteiger partial charge >= 0.3 is 0 Å². The molecule has 3 N–H and O–H groups in total. The molecule has 1 aliphatic heterocycles. The first-order valence-corrected chi connectivity index (χ1v) is 9.18. The SMILES string of the molecule is Cc1cccc([PH]2=NN=C(c3nc(-c4cccnc4)cnc3N)N2)c1. The Balaban J connectivity index is 1.63. The van der Waals surface area contributed by atoms with Gasteiger partial charge in [0.1, 0.15) is 0 Å². The van der Waals surface area contributed by atoms with E-state index in [0.29, 0.717) is 23.0 Å². The molecule has 0 fully saturated rings. The largest absolute Gasteiger partial charge is 0.382 e. The first-order chi connectivity index (χ1) is 12.2. The van der Waals surface area contributed by atoms with Crippen LogP contribution in [0.3, 0.4) is 0 Å². The number of aryl methyl sites for hydroxylation is 1. The van der Waals surface area contributed by atoms with Crippen LogP contribution in [0.2, 0.25) is 0 Å². The number of hydrogen-bond donors (Lipinski definition) is 2. The lowest BCUT2D eigenvalue weighted by atomic mass is 10.2. The second-order valence-corrected chi connectivity index (χ2v) is 7.35. The van der Waals surface area contributed by atoms with E-state index in [1.807, 2.05) is 18.2 Å². The van der Waals surface area contributed by atoms with E-state index in [1.165, 1.54) is 5.56 Å². The Bertz CT molecular complexity index is 999. The molecule has 0 amide bonds. The van der Waals surface area contributed by atoms with E-state index in [0.717, 1.165) is 10.9 Å². The molecule has 0 radical (unpaired) electrons. The molecule has 1 aliphatic rings. The van der Waals surface area contributed by atoms with Crippen LogP contribution in [0.15, 0.2) is 64.9 Å². The van der Waals surface area contributed by atoms with E-state index in [4.69, 9.17) is 5.73 Å². The van der Waals surface area contributed by atoms with E-state index in [2.05, 4.69) is 55.1 Å². The maximum absolute atomic E-state index is 6.02. The van der Waals surface area contributed by atoms with E-state index < -0.39 is 7.86 Å². The molecule has 1 aromatic carbocycles. The van der Waals surface area contributed by atoms with Gasteiger partial charge < -0.3 is 10.8 Å². The molecule has 25 heavy (non-hydrogen) atoms. The number of hydrogen-bond acceptors (Lipinski definition) is 7. The molecule has 0 bridgehead atoms. The van der Waals surface area contributed by atoms with Crippen LogP contribution >= 0.6 is 7.86 Å².